The molecule has 0 aliphatic carbocycles. The molecule has 1 atom stereocenters. The number of aromatic nitrogens is 2. The minimum absolute atomic E-state index is 0.546. The lowest BCUT2D eigenvalue weighted by molar-refractivity contribution is 0.180. The molecular weight excluding hydrogens is 250 g/mol. The molecule has 20 heavy (non-hydrogen) atoms. The van der Waals surface area contributed by atoms with Crippen molar-refractivity contribution in [2.75, 3.05) is 36.8 Å². The summed E-state index contributed by atoms with van der Waals surface area (Å²) in [6.07, 6.45) is 8.70. The van der Waals surface area contributed by atoms with Crippen LogP contribution in [0.5, 0.6) is 0 Å². The largest absolute Gasteiger partial charge is 0.369 e. The molecule has 0 spiro atoms. The van der Waals surface area contributed by atoms with Crippen molar-refractivity contribution in [1.82, 2.24) is 14.9 Å². The molecule has 1 saturated heterocycles. The van der Waals surface area contributed by atoms with Crippen molar-refractivity contribution in [2.24, 2.45) is 0 Å². The van der Waals surface area contributed by atoms with Gasteiger partial charge >= 0.3 is 0 Å². The summed E-state index contributed by atoms with van der Waals surface area (Å²) in [7, 11) is 0. The maximum Gasteiger partial charge on any atom is 0.147 e. The van der Waals surface area contributed by atoms with Crippen molar-refractivity contribution >= 4 is 11.6 Å². The number of likely N-dealkylation sites (tertiary alicyclic amines) is 1. The van der Waals surface area contributed by atoms with Gasteiger partial charge in [-0.2, -0.15) is 0 Å². The molecule has 1 aromatic heterocycles. The quantitative estimate of drug-likeness (QED) is 0.802. The zero-order valence-corrected chi connectivity index (χ0v) is 12.7. The lowest BCUT2D eigenvalue weighted by atomic mass is 10.1. The molecule has 0 saturated carbocycles. The van der Waals surface area contributed by atoms with E-state index in [4.69, 9.17) is 0 Å². The van der Waals surface area contributed by atoms with Crippen LogP contribution in [-0.2, 0) is 0 Å². The van der Waals surface area contributed by atoms with Gasteiger partial charge in [0.05, 0.1) is 12.4 Å². The minimum Gasteiger partial charge on any atom is -0.369 e. The Bertz CT molecular complexity index is 390. The van der Waals surface area contributed by atoms with E-state index in [9.17, 15) is 0 Å². The molecular formula is C15H27N5. The van der Waals surface area contributed by atoms with Crippen LogP contribution in [0.2, 0.25) is 0 Å². The van der Waals surface area contributed by atoms with Crippen LogP contribution in [0.3, 0.4) is 0 Å². The monoisotopic (exact) mass is 277 g/mol. The van der Waals surface area contributed by atoms with Crippen molar-refractivity contribution < 1.29 is 0 Å². The van der Waals surface area contributed by atoms with Gasteiger partial charge in [-0.25, -0.2) is 4.98 Å². The van der Waals surface area contributed by atoms with E-state index in [0.717, 1.165) is 31.1 Å². The third-order valence-electron chi connectivity index (χ3n) is 3.78. The van der Waals surface area contributed by atoms with Gasteiger partial charge in [-0.05, 0) is 39.3 Å². The molecule has 1 aliphatic rings. The van der Waals surface area contributed by atoms with Crippen LogP contribution in [0.1, 0.15) is 39.5 Å². The third-order valence-corrected chi connectivity index (χ3v) is 3.78. The second-order valence-electron chi connectivity index (χ2n) is 5.54. The molecule has 1 unspecified atom stereocenters. The normalized spacial score (nSPS) is 17.7. The van der Waals surface area contributed by atoms with Crippen molar-refractivity contribution in [2.45, 2.75) is 45.6 Å². The fourth-order valence-electron chi connectivity index (χ4n) is 2.53. The Hall–Kier alpha value is -1.36. The van der Waals surface area contributed by atoms with Gasteiger partial charge in [-0.3, -0.25) is 9.88 Å². The summed E-state index contributed by atoms with van der Waals surface area (Å²) in [6.45, 7) is 8.74. The molecule has 1 fully saturated rings. The van der Waals surface area contributed by atoms with Crippen LogP contribution in [0.4, 0.5) is 11.6 Å². The van der Waals surface area contributed by atoms with E-state index in [2.05, 4.69) is 39.3 Å². The van der Waals surface area contributed by atoms with Crippen molar-refractivity contribution in [3.8, 4) is 0 Å². The first-order valence-corrected chi connectivity index (χ1v) is 7.83. The summed E-state index contributed by atoms with van der Waals surface area (Å²) in [5.41, 5.74) is 0. The van der Waals surface area contributed by atoms with Crippen molar-refractivity contribution in [3.05, 3.63) is 12.4 Å². The van der Waals surface area contributed by atoms with Gasteiger partial charge < -0.3 is 10.6 Å². The predicted molar refractivity (Wildman–Crippen MR) is 84.2 cm³/mol. The van der Waals surface area contributed by atoms with Gasteiger partial charge in [0, 0.05) is 19.1 Å². The second kappa shape index (κ2) is 8.04. The molecule has 2 N–H and O–H groups in total. The lowest BCUT2D eigenvalue weighted by Crippen LogP contribution is -2.41. The van der Waals surface area contributed by atoms with E-state index in [1.807, 2.05) is 0 Å². The van der Waals surface area contributed by atoms with Crippen molar-refractivity contribution in [3.63, 3.8) is 0 Å². The Labute approximate surface area is 122 Å². The van der Waals surface area contributed by atoms with Gasteiger partial charge in [0.25, 0.3) is 0 Å². The molecule has 0 radical (unpaired) electrons. The Morgan fingerprint density at radius 2 is 1.85 bits per heavy atom. The molecule has 1 aliphatic heterocycles. The fourth-order valence-corrected chi connectivity index (χ4v) is 2.53. The number of hydrogen-bond acceptors (Lipinski definition) is 5. The highest BCUT2D eigenvalue weighted by Crippen LogP contribution is 2.13. The average molecular weight is 277 g/mol. The molecule has 2 rings (SSSR count). The van der Waals surface area contributed by atoms with Crippen LogP contribution in [0, 0.1) is 0 Å². The Kier molecular flexibility index (Phi) is 6.05. The average Bonchev–Trinajstić information content (AvgIpc) is 2.52. The third kappa shape index (κ3) is 4.63. The first-order chi connectivity index (χ1) is 9.79. The van der Waals surface area contributed by atoms with E-state index in [1.165, 1.54) is 32.4 Å². The second-order valence-corrected chi connectivity index (χ2v) is 5.54. The molecule has 0 bridgehead atoms. The van der Waals surface area contributed by atoms with Crippen LogP contribution in [-0.4, -0.2) is 47.1 Å². The van der Waals surface area contributed by atoms with E-state index in [0.29, 0.717) is 6.04 Å². The van der Waals surface area contributed by atoms with Gasteiger partial charge in [0.2, 0.25) is 0 Å². The number of anilines is 2. The van der Waals surface area contributed by atoms with E-state index in [-0.39, 0.29) is 0 Å². The lowest BCUT2D eigenvalue weighted by Gasteiger charge is -2.32. The Balaban J connectivity index is 1.80. The van der Waals surface area contributed by atoms with Crippen LogP contribution in [0.15, 0.2) is 12.4 Å². The molecule has 112 valence electrons. The van der Waals surface area contributed by atoms with E-state index < -0.39 is 0 Å². The van der Waals surface area contributed by atoms with Crippen LogP contribution >= 0.6 is 0 Å². The summed E-state index contributed by atoms with van der Waals surface area (Å²) in [5.74, 6) is 1.71. The maximum absolute atomic E-state index is 4.52. The molecule has 2 heterocycles. The van der Waals surface area contributed by atoms with Crippen LogP contribution < -0.4 is 10.6 Å². The summed E-state index contributed by atoms with van der Waals surface area (Å²) in [5, 5.41) is 6.66. The van der Waals surface area contributed by atoms with Gasteiger partial charge in [0.1, 0.15) is 11.6 Å². The number of piperidine rings is 1. The molecule has 5 nitrogen and oxygen atoms in total. The minimum atomic E-state index is 0.546. The smallest absolute Gasteiger partial charge is 0.147 e. The Morgan fingerprint density at radius 1 is 1.15 bits per heavy atom. The number of rotatable bonds is 7. The van der Waals surface area contributed by atoms with Gasteiger partial charge in [-0.1, -0.05) is 13.3 Å². The van der Waals surface area contributed by atoms with Crippen LogP contribution in [0.25, 0.3) is 0 Å². The zero-order chi connectivity index (χ0) is 14.2. The first kappa shape index (κ1) is 15.0. The highest BCUT2D eigenvalue weighted by atomic mass is 15.2. The fraction of sp³-hybridized carbons (Fsp3) is 0.733. The highest BCUT2D eigenvalue weighted by Gasteiger charge is 2.16. The summed E-state index contributed by atoms with van der Waals surface area (Å²) >= 11 is 0. The number of nitrogens with zero attached hydrogens (tertiary/aromatic N) is 3. The van der Waals surface area contributed by atoms with Crippen molar-refractivity contribution in [1.29, 1.82) is 0 Å². The summed E-state index contributed by atoms with van der Waals surface area (Å²) in [4.78, 5) is 11.3. The summed E-state index contributed by atoms with van der Waals surface area (Å²) in [6, 6.07) is 0.546. The predicted octanol–water partition coefficient (Wildman–Crippen LogP) is 2.58. The number of hydrogen-bond donors (Lipinski definition) is 2. The maximum atomic E-state index is 4.52. The standard InChI is InChI=1S/C15H27N5/c1-3-7-17-14-11-16-12-15(19-14)18-10-13(2)20-8-5-4-6-9-20/h11-13H,3-10H2,1-2H3,(H2,17,18,19). The molecule has 1 aromatic rings. The Morgan fingerprint density at radius 3 is 2.55 bits per heavy atom. The molecule has 0 amide bonds. The number of nitrogens with one attached hydrogen (secondary N) is 2. The molecule has 5 heteroatoms. The first-order valence-electron chi connectivity index (χ1n) is 7.83. The van der Waals surface area contributed by atoms with Gasteiger partial charge in [0.15, 0.2) is 0 Å². The molecule has 0 aromatic carbocycles. The summed E-state index contributed by atoms with van der Waals surface area (Å²) < 4.78 is 0. The topological polar surface area (TPSA) is 53.1 Å². The SMILES string of the molecule is CCCNc1cncc(NCC(C)N2CCCCC2)n1. The van der Waals surface area contributed by atoms with E-state index in [1.54, 1.807) is 12.4 Å². The van der Waals surface area contributed by atoms with E-state index >= 15 is 0 Å². The highest BCUT2D eigenvalue weighted by molar-refractivity contribution is 5.41. The van der Waals surface area contributed by atoms with Gasteiger partial charge in [-0.15, -0.1) is 0 Å². The zero-order valence-electron chi connectivity index (χ0n) is 12.7.